The van der Waals surface area contributed by atoms with Crippen molar-refractivity contribution in [1.82, 2.24) is 14.6 Å². The highest BCUT2D eigenvalue weighted by Crippen LogP contribution is 2.34. The van der Waals surface area contributed by atoms with Crippen LogP contribution in [0, 0.1) is 6.92 Å². The highest BCUT2D eigenvalue weighted by atomic mass is 35.5. The summed E-state index contributed by atoms with van der Waals surface area (Å²) in [6.45, 7) is 8.04. The lowest BCUT2D eigenvalue weighted by Crippen LogP contribution is -2.17. The molecule has 36 heavy (non-hydrogen) atoms. The number of benzene rings is 2. The molecule has 0 unspecified atom stereocenters. The van der Waals surface area contributed by atoms with E-state index in [1.807, 2.05) is 45.9 Å². The van der Waals surface area contributed by atoms with Crippen LogP contribution in [0.4, 0.5) is 18.9 Å². The topological polar surface area (TPSA) is 59.3 Å². The van der Waals surface area contributed by atoms with Gasteiger partial charge in [-0.3, -0.25) is 4.79 Å². The van der Waals surface area contributed by atoms with Crippen LogP contribution >= 0.6 is 23.4 Å². The molecule has 10 heteroatoms. The minimum Gasteiger partial charge on any atom is -0.325 e. The van der Waals surface area contributed by atoms with Crippen molar-refractivity contribution in [2.24, 2.45) is 0 Å². The second-order valence-electron chi connectivity index (χ2n) is 9.35. The van der Waals surface area contributed by atoms with Crippen LogP contribution < -0.4 is 5.32 Å². The third-order valence-corrected chi connectivity index (χ3v) is 6.70. The maximum absolute atomic E-state index is 13.0. The fourth-order valence-corrected chi connectivity index (χ4v) is 4.57. The van der Waals surface area contributed by atoms with Gasteiger partial charge in [-0.25, -0.2) is 9.50 Å². The number of amides is 1. The van der Waals surface area contributed by atoms with E-state index in [0.717, 1.165) is 34.6 Å². The molecule has 0 saturated heterocycles. The van der Waals surface area contributed by atoms with E-state index >= 15 is 0 Å². The van der Waals surface area contributed by atoms with Crippen LogP contribution in [-0.2, 0) is 16.4 Å². The SMILES string of the molecule is Cc1nn2c(SCC(=O)Nc3cccc(C(F)(F)F)c3)cc(C(C)(C)C)nc2c1-c1ccc(Cl)cc1. The molecule has 0 fully saturated rings. The predicted octanol–water partition coefficient (Wildman–Crippen LogP) is 7.41. The van der Waals surface area contributed by atoms with Crippen LogP contribution in [0.25, 0.3) is 16.8 Å². The molecule has 188 valence electrons. The van der Waals surface area contributed by atoms with Gasteiger partial charge in [0, 0.05) is 21.7 Å². The first-order valence-corrected chi connectivity index (χ1v) is 12.5. The number of hydrogen-bond donors (Lipinski definition) is 1. The highest BCUT2D eigenvalue weighted by molar-refractivity contribution is 7.99. The second-order valence-corrected chi connectivity index (χ2v) is 10.8. The van der Waals surface area contributed by atoms with Gasteiger partial charge in [0.15, 0.2) is 5.65 Å². The van der Waals surface area contributed by atoms with Gasteiger partial charge in [-0.1, -0.05) is 62.3 Å². The lowest BCUT2D eigenvalue weighted by molar-refractivity contribution is -0.137. The van der Waals surface area contributed by atoms with Gasteiger partial charge in [-0.05, 0) is 48.9 Å². The zero-order valence-electron chi connectivity index (χ0n) is 20.1. The van der Waals surface area contributed by atoms with Gasteiger partial charge in [-0.2, -0.15) is 18.3 Å². The number of aromatic nitrogens is 3. The summed E-state index contributed by atoms with van der Waals surface area (Å²) in [7, 11) is 0. The number of aryl methyl sites for hydroxylation is 1. The van der Waals surface area contributed by atoms with Gasteiger partial charge < -0.3 is 5.32 Å². The monoisotopic (exact) mass is 532 g/mol. The highest BCUT2D eigenvalue weighted by Gasteiger charge is 2.30. The molecule has 0 spiro atoms. The molecule has 2 aromatic heterocycles. The molecule has 0 radical (unpaired) electrons. The summed E-state index contributed by atoms with van der Waals surface area (Å²) in [4.78, 5) is 17.5. The number of carbonyl (C=O) groups is 1. The molecule has 0 atom stereocenters. The van der Waals surface area contributed by atoms with Crippen LogP contribution in [0.2, 0.25) is 5.02 Å². The number of rotatable bonds is 5. The molecule has 0 bridgehead atoms. The van der Waals surface area contributed by atoms with E-state index in [-0.39, 0.29) is 16.9 Å². The molecular weight excluding hydrogens is 509 g/mol. The first-order valence-electron chi connectivity index (χ1n) is 11.1. The van der Waals surface area contributed by atoms with E-state index in [4.69, 9.17) is 16.6 Å². The first kappa shape index (κ1) is 26.0. The molecule has 0 aliphatic rings. The van der Waals surface area contributed by atoms with Crippen molar-refractivity contribution in [2.45, 2.75) is 44.3 Å². The maximum atomic E-state index is 13.0. The summed E-state index contributed by atoms with van der Waals surface area (Å²) in [5, 5.41) is 8.55. The van der Waals surface area contributed by atoms with Gasteiger partial charge in [0.2, 0.25) is 5.91 Å². The van der Waals surface area contributed by atoms with Crippen molar-refractivity contribution in [3.8, 4) is 11.1 Å². The summed E-state index contributed by atoms with van der Waals surface area (Å²) >= 11 is 7.31. The zero-order valence-corrected chi connectivity index (χ0v) is 21.6. The lowest BCUT2D eigenvalue weighted by Gasteiger charge is -2.19. The Balaban J connectivity index is 1.65. The summed E-state index contributed by atoms with van der Waals surface area (Å²) in [5.41, 5.74) is 3.04. The van der Waals surface area contributed by atoms with E-state index in [9.17, 15) is 18.0 Å². The Morgan fingerprint density at radius 3 is 2.42 bits per heavy atom. The number of halogens is 4. The van der Waals surface area contributed by atoms with E-state index in [0.29, 0.717) is 15.7 Å². The van der Waals surface area contributed by atoms with Gasteiger partial charge in [-0.15, -0.1) is 0 Å². The number of alkyl halides is 3. The van der Waals surface area contributed by atoms with Crippen LogP contribution in [0.1, 0.15) is 37.7 Å². The Kier molecular flexibility index (Phi) is 7.07. The summed E-state index contributed by atoms with van der Waals surface area (Å²) in [6.07, 6.45) is -4.48. The van der Waals surface area contributed by atoms with Crippen LogP contribution in [0.3, 0.4) is 0 Å². The molecular formula is C26H24ClF3N4OS. The number of carbonyl (C=O) groups excluding carboxylic acids is 1. The number of nitrogens with zero attached hydrogens (tertiary/aromatic N) is 3. The fourth-order valence-electron chi connectivity index (χ4n) is 3.65. The predicted molar refractivity (Wildman–Crippen MR) is 138 cm³/mol. The Bertz CT molecular complexity index is 1430. The standard InChI is InChI=1S/C26H24ClF3N4OS/c1-15-23(16-8-10-18(27)11-9-16)24-32-20(25(2,3)4)13-22(34(24)33-15)36-14-21(35)31-19-7-5-6-17(12-19)26(28,29)30/h5-13H,14H2,1-4H3,(H,31,35). The Morgan fingerprint density at radius 1 is 1.08 bits per heavy atom. The quantitative estimate of drug-likeness (QED) is 0.215. The van der Waals surface area contributed by atoms with E-state index in [2.05, 4.69) is 10.4 Å². The van der Waals surface area contributed by atoms with E-state index in [1.165, 1.54) is 23.9 Å². The molecule has 4 rings (SSSR count). The maximum Gasteiger partial charge on any atom is 0.416 e. The molecule has 5 nitrogen and oxygen atoms in total. The van der Waals surface area contributed by atoms with Crippen LogP contribution in [0.5, 0.6) is 0 Å². The number of fused-ring (bicyclic) bond motifs is 1. The van der Waals surface area contributed by atoms with Gasteiger partial charge >= 0.3 is 6.18 Å². The molecule has 0 aliphatic heterocycles. The molecule has 0 aliphatic carbocycles. The van der Waals surface area contributed by atoms with Crippen molar-refractivity contribution < 1.29 is 18.0 Å². The number of hydrogen-bond acceptors (Lipinski definition) is 4. The van der Waals surface area contributed by atoms with Crippen molar-refractivity contribution in [1.29, 1.82) is 0 Å². The van der Waals surface area contributed by atoms with Gasteiger partial charge in [0.1, 0.15) is 5.03 Å². The van der Waals surface area contributed by atoms with E-state index < -0.39 is 17.6 Å². The Hall–Kier alpha value is -3.04. The minimum atomic E-state index is -4.48. The first-order chi connectivity index (χ1) is 16.8. The number of anilines is 1. The largest absolute Gasteiger partial charge is 0.416 e. The van der Waals surface area contributed by atoms with Gasteiger partial charge in [0.05, 0.1) is 22.7 Å². The van der Waals surface area contributed by atoms with Gasteiger partial charge in [0.25, 0.3) is 0 Å². The third kappa shape index (κ3) is 5.68. The van der Waals surface area contributed by atoms with Crippen molar-refractivity contribution in [2.75, 3.05) is 11.1 Å². The normalized spacial score (nSPS) is 12.2. The summed E-state index contributed by atoms with van der Waals surface area (Å²) in [6, 6.07) is 13.9. The van der Waals surface area contributed by atoms with Crippen LogP contribution in [0.15, 0.2) is 59.6 Å². The smallest absolute Gasteiger partial charge is 0.325 e. The fraction of sp³-hybridized carbons (Fsp3) is 0.269. The Morgan fingerprint density at radius 2 is 1.78 bits per heavy atom. The van der Waals surface area contributed by atoms with E-state index in [1.54, 1.807) is 16.6 Å². The number of nitrogens with one attached hydrogen (secondary N) is 1. The zero-order chi connectivity index (χ0) is 26.3. The van der Waals surface area contributed by atoms with Crippen LogP contribution in [-0.4, -0.2) is 26.3 Å². The average Bonchev–Trinajstić information content (AvgIpc) is 3.13. The second kappa shape index (κ2) is 9.78. The molecule has 1 N–H and O–H groups in total. The summed E-state index contributed by atoms with van der Waals surface area (Å²) < 4.78 is 40.7. The van der Waals surface area contributed by atoms with Crippen molar-refractivity contribution in [3.05, 3.63) is 76.6 Å². The average molecular weight is 533 g/mol. The molecule has 1 amide bonds. The Labute approximate surface area is 216 Å². The van der Waals surface area contributed by atoms with Crippen molar-refractivity contribution in [3.63, 3.8) is 0 Å². The van der Waals surface area contributed by atoms with Crippen molar-refractivity contribution >= 4 is 40.6 Å². The molecule has 2 aromatic carbocycles. The third-order valence-electron chi connectivity index (χ3n) is 5.46. The molecule has 4 aromatic rings. The lowest BCUT2D eigenvalue weighted by atomic mass is 9.92. The summed E-state index contributed by atoms with van der Waals surface area (Å²) in [5.74, 6) is -0.447. The minimum absolute atomic E-state index is 0.0197. The number of thioether (sulfide) groups is 1. The molecule has 2 heterocycles. The molecule has 0 saturated carbocycles.